The van der Waals surface area contributed by atoms with Crippen LogP contribution in [0.4, 0.5) is 0 Å². The van der Waals surface area contributed by atoms with E-state index >= 15 is 0 Å². The predicted octanol–water partition coefficient (Wildman–Crippen LogP) is 0.424. The summed E-state index contributed by atoms with van der Waals surface area (Å²) >= 11 is 0. The standard InChI is InChI=1S/C16H13N5O4/c1-8-4-9(2)21(15(23)10(8)5-17)20-6-11-13(18-19-14(11)22)12(7-20)16(24)25-3/h4,6-7H,1-3H3,(H,19,22). The van der Waals surface area contributed by atoms with Crippen LogP contribution in [0.1, 0.15) is 27.2 Å². The lowest BCUT2D eigenvalue weighted by Gasteiger charge is -2.17. The fourth-order valence-electron chi connectivity index (χ4n) is 2.70. The molecule has 0 fully saturated rings. The van der Waals surface area contributed by atoms with Crippen LogP contribution in [0.2, 0.25) is 0 Å². The molecule has 3 heterocycles. The molecule has 0 aromatic carbocycles. The number of nitrogens with zero attached hydrogens (tertiary/aromatic N) is 4. The number of H-pyrrole nitrogens is 1. The molecule has 2 aliphatic heterocycles. The van der Waals surface area contributed by atoms with Gasteiger partial charge in [0, 0.05) is 18.1 Å². The number of aromatic amines is 1. The van der Waals surface area contributed by atoms with Crippen LogP contribution < -0.4 is 11.1 Å². The molecular weight excluding hydrogens is 326 g/mol. The molecule has 0 aliphatic carbocycles. The first-order chi connectivity index (χ1) is 11.9. The smallest absolute Gasteiger partial charge is 0.341 e. The Morgan fingerprint density at radius 1 is 1.32 bits per heavy atom. The van der Waals surface area contributed by atoms with Gasteiger partial charge >= 0.3 is 5.97 Å². The Bertz CT molecular complexity index is 1130. The summed E-state index contributed by atoms with van der Waals surface area (Å²) in [6.45, 7) is 3.34. The van der Waals surface area contributed by atoms with Gasteiger partial charge in [-0.2, -0.15) is 10.4 Å². The third kappa shape index (κ3) is 2.40. The Labute approximate surface area is 141 Å². The second kappa shape index (κ2) is 5.76. The van der Waals surface area contributed by atoms with Gasteiger partial charge in [-0.3, -0.25) is 14.3 Å². The number of aromatic nitrogens is 4. The summed E-state index contributed by atoms with van der Waals surface area (Å²) in [6.07, 6.45) is 2.71. The van der Waals surface area contributed by atoms with Gasteiger partial charge in [0.25, 0.3) is 11.1 Å². The summed E-state index contributed by atoms with van der Waals surface area (Å²) in [5, 5.41) is 15.3. The van der Waals surface area contributed by atoms with Gasteiger partial charge in [0.2, 0.25) is 0 Å². The molecule has 0 saturated carbocycles. The highest BCUT2D eigenvalue weighted by molar-refractivity contribution is 5.95. The number of carbonyl (C=O) groups is 1. The van der Waals surface area contributed by atoms with E-state index in [1.165, 1.54) is 28.9 Å². The summed E-state index contributed by atoms with van der Waals surface area (Å²) in [5.41, 5.74) is 0.265. The fourth-order valence-corrected chi connectivity index (χ4v) is 2.70. The van der Waals surface area contributed by atoms with Crippen LogP contribution in [0, 0.1) is 25.2 Å². The number of ether oxygens (including phenoxy) is 1. The number of aryl methyl sites for hydroxylation is 2. The van der Waals surface area contributed by atoms with Gasteiger partial charge in [-0.05, 0) is 25.5 Å². The molecule has 0 atom stereocenters. The van der Waals surface area contributed by atoms with Gasteiger partial charge < -0.3 is 4.74 Å². The zero-order valence-electron chi connectivity index (χ0n) is 13.7. The molecule has 2 aliphatic rings. The minimum absolute atomic E-state index is 0.0173. The van der Waals surface area contributed by atoms with Gasteiger partial charge in [-0.15, -0.1) is 0 Å². The summed E-state index contributed by atoms with van der Waals surface area (Å²) in [5.74, 6) is -0.704. The van der Waals surface area contributed by atoms with Crippen LogP contribution >= 0.6 is 0 Å². The zero-order chi connectivity index (χ0) is 18.3. The van der Waals surface area contributed by atoms with Crippen LogP contribution in [0.5, 0.6) is 0 Å². The quantitative estimate of drug-likeness (QED) is 0.675. The number of nitrogens with one attached hydrogen (secondary N) is 1. The molecule has 126 valence electrons. The summed E-state index contributed by atoms with van der Waals surface area (Å²) < 4.78 is 7.20. The molecule has 0 saturated heterocycles. The predicted molar refractivity (Wildman–Crippen MR) is 86.5 cm³/mol. The first kappa shape index (κ1) is 16.2. The van der Waals surface area contributed by atoms with E-state index < -0.39 is 17.1 Å². The topological polar surface area (TPSA) is 123 Å². The van der Waals surface area contributed by atoms with Crippen LogP contribution in [0.3, 0.4) is 0 Å². The molecule has 3 rings (SSSR count). The van der Waals surface area contributed by atoms with E-state index in [9.17, 15) is 19.6 Å². The number of hydrogen-bond acceptors (Lipinski definition) is 6. The first-order valence-electron chi connectivity index (χ1n) is 7.21. The van der Waals surface area contributed by atoms with Crippen molar-refractivity contribution in [2.45, 2.75) is 13.8 Å². The number of methoxy groups -OCH3 is 1. The number of nitriles is 1. The average Bonchev–Trinajstić information content (AvgIpc) is 2.95. The number of pyridine rings is 2. The van der Waals surface area contributed by atoms with Crippen LogP contribution in [-0.2, 0) is 4.74 Å². The van der Waals surface area contributed by atoms with Crippen LogP contribution in [0.15, 0.2) is 28.0 Å². The molecule has 25 heavy (non-hydrogen) atoms. The molecule has 0 bridgehead atoms. The number of hydrogen-bond donors (Lipinski definition) is 1. The highest BCUT2D eigenvalue weighted by Crippen LogP contribution is 2.21. The SMILES string of the molecule is COC(=O)c1cn(-n2c(C)cc(C)c(C#N)c2=O)cc2c(=O)[nH]nc1-2. The molecule has 1 aromatic heterocycles. The van der Waals surface area contributed by atoms with E-state index in [2.05, 4.69) is 10.2 Å². The second-order valence-electron chi connectivity index (χ2n) is 5.43. The minimum Gasteiger partial charge on any atom is -0.465 e. The Balaban J connectivity index is 2.42. The molecule has 0 amide bonds. The fraction of sp³-hybridized carbons (Fsp3) is 0.188. The van der Waals surface area contributed by atoms with Crippen molar-refractivity contribution < 1.29 is 9.53 Å². The largest absolute Gasteiger partial charge is 0.465 e. The number of fused-ring (bicyclic) bond motifs is 1. The maximum absolute atomic E-state index is 12.7. The van der Waals surface area contributed by atoms with Crippen molar-refractivity contribution in [2.24, 2.45) is 0 Å². The lowest BCUT2D eigenvalue weighted by Crippen LogP contribution is -2.31. The minimum atomic E-state index is -0.704. The number of esters is 1. The molecule has 1 N–H and O–H groups in total. The highest BCUT2D eigenvalue weighted by atomic mass is 16.5. The summed E-state index contributed by atoms with van der Waals surface area (Å²) in [7, 11) is 1.20. The first-order valence-corrected chi connectivity index (χ1v) is 7.21. The Hall–Kier alpha value is -3.67. The summed E-state index contributed by atoms with van der Waals surface area (Å²) in [4.78, 5) is 36.6. The third-order valence-corrected chi connectivity index (χ3v) is 3.85. The van der Waals surface area contributed by atoms with Crippen LogP contribution in [-0.4, -0.2) is 32.6 Å². The van der Waals surface area contributed by atoms with Crippen molar-refractivity contribution in [3.05, 3.63) is 61.6 Å². The van der Waals surface area contributed by atoms with E-state index in [0.717, 1.165) is 0 Å². The van der Waals surface area contributed by atoms with Gasteiger partial charge in [-0.1, -0.05) is 0 Å². The van der Waals surface area contributed by atoms with E-state index in [0.29, 0.717) is 11.3 Å². The third-order valence-electron chi connectivity index (χ3n) is 3.85. The van der Waals surface area contributed by atoms with Gasteiger partial charge in [0.15, 0.2) is 0 Å². The molecule has 0 radical (unpaired) electrons. The van der Waals surface area contributed by atoms with E-state index in [1.54, 1.807) is 19.9 Å². The number of carbonyl (C=O) groups excluding carboxylic acids is 1. The molecule has 9 nitrogen and oxygen atoms in total. The van der Waals surface area contributed by atoms with Crippen LogP contribution in [0.25, 0.3) is 11.3 Å². The average molecular weight is 339 g/mol. The Morgan fingerprint density at radius 3 is 2.68 bits per heavy atom. The van der Waals surface area contributed by atoms with Gasteiger partial charge in [0.05, 0.1) is 12.7 Å². The maximum Gasteiger partial charge on any atom is 0.341 e. The molecule has 0 unspecified atom stereocenters. The van der Waals surface area contributed by atoms with Crippen molar-refractivity contribution in [3.8, 4) is 17.3 Å². The maximum atomic E-state index is 12.7. The van der Waals surface area contributed by atoms with Crippen molar-refractivity contribution in [1.82, 2.24) is 19.5 Å². The zero-order valence-corrected chi connectivity index (χ0v) is 13.7. The lowest BCUT2D eigenvalue weighted by molar-refractivity contribution is 0.0600. The normalized spacial score (nSPS) is 10.6. The van der Waals surface area contributed by atoms with E-state index in [4.69, 9.17) is 4.74 Å². The van der Waals surface area contributed by atoms with Crippen molar-refractivity contribution in [2.75, 3.05) is 7.11 Å². The monoisotopic (exact) mass is 339 g/mol. The van der Waals surface area contributed by atoms with E-state index in [1.807, 2.05) is 6.07 Å². The van der Waals surface area contributed by atoms with Crippen molar-refractivity contribution in [3.63, 3.8) is 0 Å². The molecule has 9 heteroatoms. The molecule has 1 aromatic rings. The Morgan fingerprint density at radius 2 is 2.04 bits per heavy atom. The lowest BCUT2D eigenvalue weighted by atomic mass is 10.1. The highest BCUT2D eigenvalue weighted by Gasteiger charge is 2.23. The number of rotatable bonds is 2. The molecular formula is C16H13N5O4. The second-order valence-corrected chi connectivity index (χ2v) is 5.43. The van der Waals surface area contributed by atoms with Crippen molar-refractivity contribution in [1.29, 1.82) is 5.26 Å². The molecule has 0 spiro atoms. The van der Waals surface area contributed by atoms with Gasteiger partial charge in [-0.25, -0.2) is 14.6 Å². The Kier molecular flexibility index (Phi) is 3.73. The van der Waals surface area contributed by atoms with E-state index in [-0.39, 0.29) is 22.4 Å². The van der Waals surface area contributed by atoms with Crippen molar-refractivity contribution >= 4 is 5.97 Å². The van der Waals surface area contributed by atoms with Gasteiger partial charge in [0.1, 0.15) is 22.9 Å². The summed E-state index contributed by atoms with van der Waals surface area (Å²) in [6, 6.07) is 3.54.